The molecule has 0 N–H and O–H groups in total. The Morgan fingerprint density at radius 3 is 2.79 bits per heavy atom. The van der Waals surface area contributed by atoms with Crippen molar-refractivity contribution in [1.29, 1.82) is 5.26 Å². The standard InChI is InChI=1S/C10H5FN2O/c11-9-5-7(6-12)1-2-8(9)10-3-4-14-13-10/h1-5H. The minimum absolute atomic E-state index is 0.287. The second-order valence-electron chi connectivity index (χ2n) is 2.69. The zero-order valence-electron chi connectivity index (χ0n) is 7.07. The minimum atomic E-state index is -0.474. The van der Waals surface area contributed by atoms with Crippen LogP contribution in [-0.2, 0) is 0 Å². The molecule has 0 bridgehead atoms. The van der Waals surface area contributed by atoms with Gasteiger partial charge in [0.05, 0.1) is 11.6 Å². The summed E-state index contributed by atoms with van der Waals surface area (Å²) in [5.41, 5.74) is 1.04. The zero-order chi connectivity index (χ0) is 9.97. The third-order valence-corrected chi connectivity index (χ3v) is 1.81. The van der Waals surface area contributed by atoms with Gasteiger partial charge in [0.25, 0.3) is 0 Å². The lowest BCUT2D eigenvalue weighted by molar-refractivity contribution is 0.422. The summed E-state index contributed by atoms with van der Waals surface area (Å²) in [6.45, 7) is 0. The molecule has 0 fully saturated rings. The number of aromatic nitrogens is 1. The normalized spacial score (nSPS) is 9.71. The topological polar surface area (TPSA) is 49.8 Å². The highest BCUT2D eigenvalue weighted by atomic mass is 19.1. The maximum Gasteiger partial charge on any atom is 0.134 e. The van der Waals surface area contributed by atoms with Crippen molar-refractivity contribution in [1.82, 2.24) is 5.16 Å². The van der Waals surface area contributed by atoms with E-state index in [0.29, 0.717) is 11.3 Å². The first-order chi connectivity index (χ1) is 6.81. The van der Waals surface area contributed by atoms with Crippen LogP contribution in [0.5, 0.6) is 0 Å². The molecule has 0 atom stereocenters. The van der Waals surface area contributed by atoms with E-state index in [0.717, 1.165) is 0 Å². The minimum Gasteiger partial charge on any atom is -0.364 e. The van der Waals surface area contributed by atoms with Crippen LogP contribution >= 0.6 is 0 Å². The molecule has 1 heterocycles. The lowest BCUT2D eigenvalue weighted by atomic mass is 10.1. The molecule has 4 heteroatoms. The van der Waals surface area contributed by atoms with Gasteiger partial charge in [-0.3, -0.25) is 0 Å². The Morgan fingerprint density at radius 2 is 2.21 bits per heavy atom. The fourth-order valence-corrected chi connectivity index (χ4v) is 1.14. The van der Waals surface area contributed by atoms with Gasteiger partial charge in [-0.1, -0.05) is 5.16 Å². The summed E-state index contributed by atoms with van der Waals surface area (Å²) >= 11 is 0. The van der Waals surface area contributed by atoms with Crippen molar-refractivity contribution in [3.63, 3.8) is 0 Å². The van der Waals surface area contributed by atoms with Crippen LogP contribution in [-0.4, -0.2) is 5.16 Å². The van der Waals surface area contributed by atoms with Crippen molar-refractivity contribution in [2.24, 2.45) is 0 Å². The third-order valence-electron chi connectivity index (χ3n) is 1.81. The first-order valence-corrected chi connectivity index (χ1v) is 3.91. The number of rotatable bonds is 1. The van der Waals surface area contributed by atoms with Crippen molar-refractivity contribution in [3.8, 4) is 17.3 Å². The van der Waals surface area contributed by atoms with Gasteiger partial charge in [-0.05, 0) is 18.2 Å². The van der Waals surface area contributed by atoms with Crippen molar-refractivity contribution in [3.05, 3.63) is 41.9 Å². The number of benzene rings is 1. The molecule has 0 spiro atoms. The number of halogens is 1. The smallest absolute Gasteiger partial charge is 0.134 e. The molecule has 3 nitrogen and oxygen atoms in total. The van der Waals surface area contributed by atoms with Crippen molar-refractivity contribution in [2.45, 2.75) is 0 Å². The maximum absolute atomic E-state index is 13.4. The Labute approximate surface area is 79.4 Å². The van der Waals surface area contributed by atoms with Gasteiger partial charge in [-0.25, -0.2) is 4.39 Å². The van der Waals surface area contributed by atoms with Crippen LogP contribution in [0, 0.1) is 17.1 Å². The van der Waals surface area contributed by atoms with Crippen LogP contribution in [0.2, 0.25) is 0 Å². The summed E-state index contributed by atoms with van der Waals surface area (Å²) in [5.74, 6) is -0.474. The highest BCUT2D eigenvalue weighted by molar-refractivity contribution is 5.60. The van der Waals surface area contributed by atoms with Crippen molar-refractivity contribution >= 4 is 0 Å². The van der Waals surface area contributed by atoms with Crippen LogP contribution < -0.4 is 0 Å². The lowest BCUT2D eigenvalue weighted by Crippen LogP contribution is -1.85. The Hall–Kier alpha value is -2.15. The predicted octanol–water partition coefficient (Wildman–Crippen LogP) is 2.35. The first-order valence-electron chi connectivity index (χ1n) is 3.91. The van der Waals surface area contributed by atoms with Gasteiger partial charge in [-0.15, -0.1) is 0 Å². The van der Waals surface area contributed by atoms with Crippen LogP contribution in [0.3, 0.4) is 0 Å². The van der Waals surface area contributed by atoms with E-state index in [1.54, 1.807) is 6.07 Å². The number of nitriles is 1. The van der Waals surface area contributed by atoms with Gasteiger partial charge >= 0.3 is 0 Å². The summed E-state index contributed by atoms with van der Waals surface area (Å²) in [6.07, 6.45) is 1.37. The molecule has 0 aliphatic carbocycles. The second-order valence-corrected chi connectivity index (χ2v) is 2.69. The molecule has 68 valence electrons. The van der Waals surface area contributed by atoms with E-state index in [1.807, 2.05) is 6.07 Å². The first kappa shape index (κ1) is 8.45. The van der Waals surface area contributed by atoms with E-state index in [2.05, 4.69) is 9.68 Å². The molecule has 0 saturated carbocycles. The molecule has 0 unspecified atom stereocenters. The Morgan fingerprint density at radius 1 is 1.36 bits per heavy atom. The Balaban J connectivity index is 2.52. The van der Waals surface area contributed by atoms with E-state index in [9.17, 15) is 4.39 Å². The molecule has 2 rings (SSSR count). The van der Waals surface area contributed by atoms with Crippen LogP contribution in [0.15, 0.2) is 35.1 Å². The van der Waals surface area contributed by atoms with E-state index < -0.39 is 5.82 Å². The monoisotopic (exact) mass is 188 g/mol. The summed E-state index contributed by atoms with van der Waals surface area (Å²) in [6, 6.07) is 7.63. The molecule has 1 aromatic heterocycles. The van der Waals surface area contributed by atoms with E-state index >= 15 is 0 Å². The van der Waals surface area contributed by atoms with Gasteiger partial charge in [0.2, 0.25) is 0 Å². The molecule has 0 saturated heterocycles. The number of nitrogens with zero attached hydrogens (tertiary/aromatic N) is 2. The number of hydrogen-bond donors (Lipinski definition) is 0. The SMILES string of the molecule is N#Cc1ccc(-c2ccon2)c(F)c1. The summed E-state index contributed by atoms with van der Waals surface area (Å²) in [4.78, 5) is 0. The summed E-state index contributed by atoms with van der Waals surface area (Å²) in [5, 5.41) is 12.1. The number of hydrogen-bond acceptors (Lipinski definition) is 3. The molecule has 0 aliphatic heterocycles. The van der Waals surface area contributed by atoms with E-state index in [-0.39, 0.29) is 5.56 Å². The highest BCUT2D eigenvalue weighted by Crippen LogP contribution is 2.21. The van der Waals surface area contributed by atoms with Gasteiger partial charge in [0.15, 0.2) is 0 Å². The van der Waals surface area contributed by atoms with E-state index in [4.69, 9.17) is 5.26 Å². The molecule has 0 aliphatic rings. The fraction of sp³-hybridized carbons (Fsp3) is 0. The summed E-state index contributed by atoms with van der Waals surface area (Å²) < 4.78 is 18.0. The molecule has 1 aromatic carbocycles. The molecule has 0 amide bonds. The van der Waals surface area contributed by atoms with Gasteiger partial charge < -0.3 is 4.52 Å². The fourth-order valence-electron chi connectivity index (χ4n) is 1.14. The zero-order valence-corrected chi connectivity index (χ0v) is 7.07. The van der Waals surface area contributed by atoms with Gasteiger partial charge in [0.1, 0.15) is 17.8 Å². The second kappa shape index (κ2) is 3.30. The predicted molar refractivity (Wildman–Crippen MR) is 46.6 cm³/mol. The highest BCUT2D eigenvalue weighted by Gasteiger charge is 2.08. The molecular weight excluding hydrogens is 183 g/mol. The van der Waals surface area contributed by atoms with Crippen LogP contribution in [0.4, 0.5) is 4.39 Å². The molecular formula is C10H5FN2O. The average molecular weight is 188 g/mol. The maximum atomic E-state index is 13.4. The van der Waals surface area contributed by atoms with Crippen molar-refractivity contribution < 1.29 is 8.91 Å². The summed E-state index contributed by atoms with van der Waals surface area (Å²) in [7, 11) is 0. The van der Waals surface area contributed by atoms with Gasteiger partial charge in [0, 0.05) is 11.6 Å². The quantitative estimate of drug-likeness (QED) is 0.690. The largest absolute Gasteiger partial charge is 0.364 e. The Bertz CT molecular complexity index is 485. The molecule has 14 heavy (non-hydrogen) atoms. The third kappa shape index (κ3) is 1.36. The van der Waals surface area contributed by atoms with Gasteiger partial charge in [-0.2, -0.15) is 5.26 Å². The molecule has 2 aromatic rings. The van der Waals surface area contributed by atoms with Crippen LogP contribution in [0.25, 0.3) is 11.3 Å². The Kier molecular flexibility index (Phi) is 1.99. The lowest BCUT2D eigenvalue weighted by Gasteiger charge is -1.97. The average Bonchev–Trinajstić information content (AvgIpc) is 2.70. The van der Waals surface area contributed by atoms with E-state index in [1.165, 1.54) is 24.5 Å². The van der Waals surface area contributed by atoms with Crippen molar-refractivity contribution in [2.75, 3.05) is 0 Å². The van der Waals surface area contributed by atoms with Crippen LogP contribution in [0.1, 0.15) is 5.56 Å². The molecule has 0 radical (unpaired) electrons.